The maximum absolute atomic E-state index is 10.1. The van der Waals surface area contributed by atoms with Crippen molar-refractivity contribution in [2.75, 3.05) is 7.05 Å². The molecule has 0 saturated carbocycles. The first-order chi connectivity index (χ1) is 9.71. The van der Waals surface area contributed by atoms with Gasteiger partial charge in [0.25, 0.3) is 0 Å². The van der Waals surface area contributed by atoms with Crippen molar-refractivity contribution in [2.24, 2.45) is 4.99 Å². The largest absolute Gasteiger partial charge is 0.387 e. The standard InChI is InChI=1S/C17H25NO2S/c1-7-9-15(18-6)13-10-8-11-14(12-13)21-20-17(4,5)16(2,3)19/h7-12,19H,1-6H3/b9-7-,18-15?. The second kappa shape index (κ2) is 7.25. The summed E-state index contributed by atoms with van der Waals surface area (Å²) in [5, 5.41) is 10.1. The zero-order chi connectivity index (χ0) is 16.1. The predicted octanol–water partition coefficient (Wildman–Crippen LogP) is 4.25. The maximum Gasteiger partial charge on any atom is 0.106 e. The number of aliphatic imine (C=N–C) groups is 1. The van der Waals surface area contributed by atoms with Gasteiger partial charge in [-0.1, -0.05) is 18.2 Å². The van der Waals surface area contributed by atoms with Crippen LogP contribution < -0.4 is 0 Å². The highest BCUT2D eigenvalue weighted by Crippen LogP contribution is 2.33. The lowest BCUT2D eigenvalue weighted by Crippen LogP contribution is -2.45. The van der Waals surface area contributed by atoms with E-state index in [-0.39, 0.29) is 0 Å². The van der Waals surface area contributed by atoms with Gasteiger partial charge in [-0.2, -0.15) is 0 Å². The second-order valence-electron chi connectivity index (χ2n) is 5.87. The molecule has 1 N–H and O–H groups in total. The highest BCUT2D eigenvalue weighted by Gasteiger charge is 2.36. The molecule has 0 unspecified atom stereocenters. The van der Waals surface area contributed by atoms with Gasteiger partial charge < -0.3 is 9.29 Å². The van der Waals surface area contributed by atoms with E-state index in [0.717, 1.165) is 16.2 Å². The van der Waals surface area contributed by atoms with Crippen molar-refractivity contribution in [1.82, 2.24) is 0 Å². The number of hydrogen-bond donors (Lipinski definition) is 1. The Balaban J connectivity index is 2.88. The molecule has 0 aliphatic carbocycles. The van der Waals surface area contributed by atoms with Crippen LogP contribution in [0.4, 0.5) is 0 Å². The average molecular weight is 307 g/mol. The number of allylic oxidation sites excluding steroid dienone is 2. The first kappa shape index (κ1) is 18.0. The van der Waals surface area contributed by atoms with E-state index in [1.54, 1.807) is 20.9 Å². The lowest BCUT2D eigenvalue weighted by atomic mass is 9.90. The molecular weight excluding hydrogens is 282 g/mol. The molecule has 0 heterocycles. The van der Waals surface area contributed by atoms with Crippen LogP contribution >= 0.6 is 12.0 Å². The third kappa shape index (κ3) is 4.99. The predicted molar refractivity (Wildman–Crippen MR) is 91.0 cm³/mol. The summed E-state index contributed by atoms with van der Waals surface area (Å²) in [5.74, 6) is 0. The monoisotopic (exact) mass is 307 g/mol. The Morgan fingerprint density at radius 2 is 1.95 bits per heavy atom. The van der Waals surface area contributed by atoms with E-state index in [1.807, 2.05) is 57.2 Å². The Bertz CT molecular complexity index is 528. The third-order valence-electron chi connectivity index (χ3n) is 3.51. The molecule has 0 atom stereocenters. The first-order valence-electron chi connectivity index (χ1n) is 6.99. The van der Waals surface area contributed by atoms with Crippen LogP contribution in [-0.2, 0) is 4.18 Å². The van der Waals surface area contributed by atoms with Crippen LogP contribution in [0.2, 0.25) is 0 Å². The molecule has 0 bridgehead atoms. The fourth-order valence-electron chi connectivity index (χ4n) is 1.42. The van der Waals surface area contributed by atoms with Crippen molar-refractivity contribution >= 4 is 17.8 Å². The summed E-state index contributed by atoms with van der Waals surface area (Å²) in [6.45, 7) is 9.22. The Labute approximate surface area is 132 Å². The molecular formula is C17H25NO2S. The average Bonchev–Trinajstić information content (AvgIpc) is 2.41. The van der Waals surface area contributed by atoms with Crippen molar-refractivity contribution in [3.05, 3.63) is 42.0 Å². The molecule has 116 valence electrons. The van der Waals surface area contributed by atoms with Crippen LogP contribution in [0.25, 0.3) is 0 Å². The summed E-state index contributed by atoms with van der Waals surface area (Å²) in [6, 6.07) is 8.02. The molecule has 3 nitrogen and oxygen atoms in total. The lowest BCUT2D eigenvalue weighted by Gasteiger charge is -2.35. The molecule has 0 aliphatic rings. The van der Waals surface area contributed by atoms with Gasteiger partial charge in [-0.25, -0.2) is 0 Å². The summed E-state index contributed by atoms with van der Waals surface area (Å²) in [4.78, 5) is 5.26. The van der Waals surface area contributed by atoms with Crippen LogP contribution in [0.3, 0.4) is 0 Å². The normalized spacial score (nSPS) is 14.0. The van der Waals surface area contributed by atoms with E-state index in [1.165, 1.54) is 12.0 Å². The molecule has 1 rings (SSSR count). The van der Waals surface area contributed by atoms with Crippen molar-refractivity contribution in [1.29, 1.82) is 0 Å². The van der Waals surface area contributed by atoms with Gasteiger partial charge in [-0.15, -0.1) is 0 Å². The minimum Gasteiger partial charge on any atom is -0.387 e. The number of rotatable bonds is 6. The molecule has 0 amide bonds. The lowest BCUT2D eigenvalue weighted by molar-refractivity contribution is -0.0813. The minimum absolute atomic E-state index is 0.654. The van der Waals surface area contributed by atoms with Crippen molar-refractivity contribution < 1.29 is 9.29 Å². The van der Waals surface area contributed by atoms with Gasteiger partial charge in [0.05, 0.1) is 11.3 Å². The summed E-state index contributed by atoms with van der Waals surface area (Å²) < 4.78 is 5.82. The minimum atomic E-state index is -0.918. The molecule has 21 heavy (non-hydrogen) atoms. The summed E-state index contributed by atoms with van der Waals surface area (Å²) in [6.07, 6.45) is 3.95. The van der Waals surface area contributed by atoms with E-state index >= 15 is 0 Å². The highest BCUT2D eigenvalue weighted by molar-refractivity contribution is 7.94. The first-order valence-corrected chi connectivity index (χ1v) is 7.73. The Kier molecular flexibility index (Phi) is 6.20. The Morgan fingerprint density at radius 3 is 2.48 bits per heavy atom. The number of benzene rings is 1. The molecule has 1 aromatic carbocycles. The van der Waals surface area contributed by atoms with Crippen LogP contribution in [0, 0.1) is 0 Å². The molecule has 0 aromatic heterocycles. The van der Waals surface area contributed by atoms with Gasteiger partial charge in [0.15, 0.2) is 0 Å². The van der Waals surface area contributed by atoms with Gasteiger partial charge in [-0.3, -0.25) is 4.99 Å². The zero-order valence-electron chi connectivity index (χ0n) is 13.7. The quantitative estimate of drug-likeness (QED) is 0.631. The fraction of sp³-hybridized carbons (Fsp3) is 0.471. The van der Waals surface area contributed by atoms with Crippen LogP contribution in [-0.4, -0.2) is 29.1 Å². The van der Waals surface area contributed by atoms with E-state index in [2.05, 4.69) is 4.99 Å². The number of aliphatic hydroxyl groups is 1. The second-order valence-corrected chi connectivity index (χ2v) is 6.68. The summed E-state index contributed by atoms with van der Waals surface area (Å²) in [7, 11) is 1.78. The smallest absolute Gasteiger partial charge is 0.106 e. The molecule has 0 spiro atoms. The molecule has 0 radical (unpaired) electrons. The van der Waals surface area contributed by atoms with E-state index in [9.17, 15) is 5.11 Å². The third-order valence-corrected chi connectivity index (χ3v) is 4.46. The van der Waals surface area contributed by atoms with E-state index in [0.29, 0.717) is 0 Å². The SMILES string of the molecule is C/C=C\C(=NC)c1cccc(SOC(C)(C)C(C)(C)O)c1. The Morgan fingerprint density at radius 1 is 1.29 bits per heavy atom. The van der Waals surface area contributed by atoms with Gasteiger partial charge in [0.1, 0.15) is 5.60 Å². The van der Waals surface area contributed by atoms with Crippen LogP contribution in [0.5, 0.6) is 0 Å². The highest BCUT2D eigenvalue weighted by atomic mass is 32.2. The van der Waals surface area contributed by atoms with Gasteiger partial charge in [-0.05, 0) is 52.8 Å². The molecule has 1 aromatic rings. The van der Waals surface area contributed by atoms with Crippen molar-refractivity contribution in [3.8, 4) is 0 Å². The van der Waals surface area contributed by atoms with E-state index < -0.39 is 11.2 Å². The van der Waals surface area contributed by atoms with Crippen molar-refractivity contribution in [3.63, 3.8) is 0 Å². The molecule has 0 aliphatic heterocycles. The van der Waals surface area contributed by atoms with E-state index in [4.69, 9.17) is 4.18 Å². The number of hydrogen-bond acceptors (Lipinski definition) is 4. The fourth-order valence-corrected chi connectivity index (χ4v) is 2.24. The number of nitrogens with zero attached hydrogens (tertiary/aromatic N) is 1. The topological polar surface area (TPSA) is 41.8 Å². The van der Waals surface area contributed by atoms with Crippen LogP contribution in [0.15, 0.2) is 46.3 Å². The zero-order valence-corrected chi connectivity index (χ0v) is 14.5. The van der Waals surface area contributed by atoms with Crippen molar-refractivity contribution in [2.45, 2.75) is 50.7 Å². The summed E-state index contributed by atoms with van der Waals surface area (Å²) >= 11 is 1.28. The van der Waals surface area contributed by atoms with Gasteiger partial charge in [0.2, 0.25) is 0 Å². The summed E-state index contributed by atoms with van der Waals surface area (Å²) in [5.41, 5.74) is 0.407. The Hall–Kier alpha value is -1.10. The molecule has 0 fully saturated rings. The van der Waals surface area contributed by atoms with Crippen LogP contribution in [0.1, 0.15) is 40.2 Å². The van der Waals surface area contributed by atoms with Gasteiger partial charge >= 0.3 is 0 Å². The molecule has 0 saturated heterocycles. The molecule has 4 heteroatoms. The maximum atomic E-state index is 10.1. The van der Waals surface area contributed by atoms with Gasteiger partial charge in [0, 0.05) is 29.5 Å².